The SMILES string of the molecule is C[C@H](OC(=O)c1ccccc1Br)C(=O)Nc1nc(-c2ccccc2)cs1. The van der Waals surface area contributed by atoms with Gasteiger partial charge in [0.05, 0.1) is 11.3 Å². The van der Waals surface area contributed by atoms with Gasteiger partial charge < -0.3 is 4.74 Å². The maximum atomic E-state index is 12.3. The first kappa shape index (κ1) is 18.3. The van der Waals surface area contributed by atoms with Gasteiger partial charge in [-0.3, -0.25) is 10.1 Å². The van der Waals surface area contributed by atoms with Crippen molar-refractivity contribution < 1.29 is 14.3 Å². The molecule has 3 rings (SSSR count). The molecule has 5 nitrogen and oxygen atoms in total. The second-order valence-electron chi connectivity index (χ2n) is 5.42. The number of carbonyl (C=O) groups is 2. The van der Waals surface area contributed by atoms with Gasteiger partial charge in [0, 0.05) is 15.4 Å². The van der Waals surface area contributed by atoms with E-state index in [2.05, 4.69) is 26.2 Å². The Balaban J connectivity index is 1.62. The van der Waals surface area contributed by atoms with E-state index in [1.165, 1.54) is 18.3 Å². The molecule has 1 atom stereocenters. The molecule has 0 aliphatic carbocycles. The number of nitrogens with zero attached hydrogens (tertiary/aromatic N) is 1. The van der Waals surface area contributed by atoms with E-state index in [9.17, 15) is 9.59 Å². The minimum Gasteiger partial charge on any atom is -0.449 e. The molecular weight excluding hydrogens is 416 g/mol. The molecule has 0 fully saturated rings. The van der Waals surface area contributed by atoms with Crippen LogP contribution in [0.3, 0.4) is 0 Å². The molecule has 0 unspecified atom stereocenters. The third-order valence-electron chi connectivity index (χ3n) is 3.55. The summed E-state index contributed by atoms with van der Waals surface area (Å²) in [6, 6.07) is 16.6. The summed E-state index contributed by atoms with van der Waals surface area (Å²) in [7, 11) is 0. The third kappa shape index (κ3) is 4.36. The smallest absolute Gasteiger partial charge is 0.340 e. The van der Waals surface area contributed by atoms with Gasteiger partial charge in [-0.2, -0.15) is 0 Å². The number of anilines is 1. The number of ether oxygens (including phenoxy) is 1. The van der Waals surface area contributed by atoms with E-state index in [1.54, 1.807) is 24.3 Å². The van der Waals surface area contributed by atoms with Gasteiger partial charge in [0.25, 0.3) is 5.91 Å². The number of aromatic nitrogens is 1. The van der Waals surface area contributed by atoms with E-state index in [1.807, 2.05) is 35.7 Å². The fraction of sp³-hybridized carbons (Fsp3) is 0.105. The zero-order valence-electron chi connectivity index (χ0n) is 13.8. The van der Waals surface area contributed by atoms with E-state index in [-0.39, 0.29) is 0 Å². The first-order chi connectivity index (χ1) is 12.5. The highest BCUT2D eigenvalue weighted by molar-refractivity contribution is 9.10. The number of hydrogen-bond donors (Lipinski definition) is 1. The summed E-state index contributed by atoms with van der Waals surface area (Å²) < 4.78 is 5.85. The van der Waals surface area contributed by atoms with Gasteiger partial charge in [-0.05, 0) is 35.0 Å². The highest BCUT2D eigenvalue weighted by atomic mass is 79.9. The van der Waals surface area contributed by atoms with Gasteiger partial charge in [-0.1, -0.05) is 42.5 Å². The van der Waals surface area contributed by atoms with Crippen LogP contribution in [-0.4, -0.2) is 23.0 Å². The van der Waals surface area contributed by atoms with Crippen LogP contribution in [0.25, 0.3) is 11.3 Å². The molecule has 1 N–H and O–H groups in total. The second-order valence-corrected chi connectivity index (χ2v) is 7.13. The summed E-state index contributed by atoms with van der Waals surface area (Å²) >= 11 is 4.61. The lowest BCUT2D eigenvalue weighted by atomic mass is 10.2. The van der Waals surface area contributed by atoms with Crippen molar-refractivity contribution in [2.45, 2.75) is 13.0 Å². The minimum absolute atomic E-state index is 0.368. The lowest BCUT2D eigenvalue weighted by molar-refractivity contribution is -0.123. The first-order valence-electron chi connectivity index (χ1n) is 7.82. The van der Waals surface area contributed by atoms with Crippen molar-refractivity contribution in [2.75, 3.05) is 5.32 Å². The molecule has 0 spiro atoms. The minimum atomic E-state index is -0.946. The number of hydrogen-bond acceptors (Lipinski definition) is 5. The largest absolute Gasteiger partial charge is 0.449 e. The average molecular weight is 431 g/mol. The molecule has 1 amide bonds. The van der Waals surface area contributed by atoms with Gasteiger partial charge in [0.15, 0.2) is 11.2 Å². The normalized spacial score (nSPS) is 11.6. The molecule has 132 valence electrons. The van der Waals surface area contributed by atoms with Crippen LogP contribution >= 0.6 is 27.3 Å². The van der Waals surface area contributed by atoms with Crippen LogP contribution in [0.5, 0.6) is 0 Å². The summed E-state index contributed by atoms with van der Waals surface area (Å²) in [5, 5.41) is 5.00. The van der Waals surface area contributed by atoms with Crippen LogP contribution in [0.4, 0.5) is 5.13 Å². The van der Waals surface area contributed by atoms with Crippen molar-refractivity contribution in [1.82, 2.24) is 4.98 Å². The molecule has 3 aromatic rings. The standard InChI is InChI=1S/C19H15BrN2O3S/c1-12(25-18(24)14-9-5-6-10-15(14)20)17(23)22-19-21-16(11-26-19)13-7-3-2-4-8-13/h2-12H,1H3,(H,21,22,23)/t12-/m0/s1. The van der Waals surface area contributed by atoms with E-state index < -0.39 is 18.0 Å². The number of amides is 1. The Morgan fingerprint density at radius 1 is 1.12 bits per heavy atom. The number of rotatable bonds is 5. The molecule has 1 aromatic heterocycles. The molecule has 0 saturated heterocycles. The highest BCUT2D eigenvalue weighted by Crippen LogP contribution is 2.25. The summed E-state index contributed by atoms with van der Waals surface area (Å²) in [6.45, 7) is 1.52. The molecule has 0 bridgehead atoms. The number of halogens is 1. The lowest BCUT2D eigenvalue weighted by Gasteiger charge is -2.13. The Bertz CT molecular complexity index is 927. The average Bonchev–Trinajstić information content (AvgIpc) is 3.11. The molecular formula is C19H15BrN2O3S. The van der Waals surface area contributed by atoms with E-state index in [0.717, 1.165) is 11.3 Å². The van der Waals surface area contributed by atoms with Crippen LogP contribution < -0.4 is 5.32 Å². The van der Waals surface area contributed by atoms with Crippen LogP contribution in [0, 0.1) is 0 Å². The molecule has 2 aromatic carbocycles. The molecule has 0 saturated carbocycles. The number of benzene rings is 2. The van der Waals surface area contributed by atoms with Gasteiger partial charge in [0.1, 0.15) is 0 Å². The van der Waals surface area contributed by atoms with Crippen molar-refractivity contribution in [2.24, 2.45) is 0 Å². The first-order valence-corrected chi connectivity index (χ1v) is 9.49. The molecule has 1 heterocycles. The van der Waals surface area contributed by atoms with E-state index >= 15 is 0 Å². The van der Waals surface area contributed by atoms with Crippen molar-refractivity contribution in [3.05, 3.63) is 70.0 Å². The molecule has 7 heteroatoms. The number of thiazole rings is 1. The van der Waals surface area contributed by atoms with Crippen molar-refractivity contribution in [3.8, 4) is 11.3 Å². The van der Waals surface area contributed by atoms with Crippen LogP contribution in [0.15, 0.2) is 64.5 Å². The van der Waals surface area contributed by atoms with Crippen LogP contribution in [-0.2, 0) is 9.53 Å². The highest BCUT2D eigenvalue weighted by Gasteiger charge is 2.21. The van der Waals surface area contributed by atoms with E-state index in [0.29, 0.717) is 15.2 Å². The second kappa shape index (κ2) is 8.25. The number of carbonyl (C=O) groups excluding carboxylic acids is 2. The van der Waals surface area contributed by atoms with Gasteiger partial charge in [0.2, 0.25) is 0 Å². The maximum absolute atomic E-state index is 12.3. The topological polar surface area (TPSA) is 68.3 Å². The number of esters is 1. The van der Waals surface area contributed by atoms with Crippen molar-refractivity contribution in [3.63, 3.8) is 0 Å². The molecule has 0 aliphatic rings. The van der Waals surface area contributed by atoms with Crippen LogP contribution in [0.2, 0.25) is 0 Å². The molecule has 26 heavy (non-hydrogen) atoms. The zero-order chi connectivity index (χ0) is 18.5. The third-order valence-corrected chi connectivity index (χ3v) is 5.00. The fourth-order valence-corrected chi connectivity index (χ4v) is 3.35. The van der Waals surface area contributed by atoms with Crippen molar-refractivity contribution >= 4 is 44.3 Å². The zero-order valence-corrected chi connectivity index (χ0v) is 16.2. The Morgan fingerprint density at radius 3 is 2.54 bits per heavy atom. The van der Waals surface area contributed by atoms with Gasteiger partial charge in [-0.15, -0.1) is 11.3 Å². The maximum Gasteiger partial charge on any atom is 0.340 e. The van der Waals surface area contributed by atoms with E-state index in [4.69, 9.17) is 4.74 Å². The molecule has 0 radical (unpaired) electrons. The predicted octanol–water partition coefficient (Wildman–Crippen LogP) is 4.76. The Labute approximate surface area is 163 Å². The summed E-state index contributed by atoms with van der Waals surface area (Å²) in [4.78, 5) is 28.8. The predicted molar refractivity (Wildman–Crippen MR) is 105 cm³/mol. The Morgan fingerprint density at radius 2 is 1.81 bits per heavy atom. The molecule has 0 aliphatic heterocycles. The summed E-state index contributed by atoms with van der Waals surface area (Å²) in [6.07, 6.45) is -0.946. The van der Waals surface area contributed by atoms with Crippen LogP contribution in [0.1, 0.15) is 17.3 Å². The monoisotopic (exact) mass is 430 g/mol. The summed E-state index contributed by atoms with van der Waals surface area (Å²) in [5.41, 5.74) is 2.12. The Kier molecular flexibility index (Phi) is 5.80. The Hall–Kier alpha value is -2.51. The quantitative estimate of drug-likeness (QED) is 0.592. The van der Waals surface area contributed by atoms with Gasteiger partial charge in [-0.25, -0.2) is 9.78 Å². The fourth-order valence-electron chi connectivity index (χ4n) is 2.18. The van der Waals surface area contributed by atoms with Crippen molar-refractivity contribution in [1.29, 1.82) is 0 Å². The number of nitrogens with one attached hydrogen (secondary N) is 1. The summed E-state index contributed by atoms with van der Waals surface area (Å²) in [5.74, 6) is -0.997. The van der Waals surface area contributed by atoms with Gasteiger partial charge >= 0.3 is 5.97 Å². The lowest BCUT2D eigenvalue weighted by Crippen LogP contribution is -2.30.